The number of methoxy groups -OCH3 is 1. The minimum atomic E-state index is -0.487. The molecule has 2 heterocycles. The molecular formula is C16H13N3O3S. The lowest BCUT2D eigenvalue weighted by Gasteiger charge is -2.01. The van der Waals surface area contributed by atoms with Crippen molar-refractivity contribution in [2.24, 2.45) is 0 Å². The molecule has 0 aliphatic rings. The van der Waals surface area contributed by atoms with Crippen LogP contribution < -0.4 is 4.74 Å². The Kier molecular flexibility index (Phi) is 4.58. The highest BCUT2D eigenvalue weighted by Gasteiger charge is 2.15. The fourth-order valence-corrected chi connectivity index (χ4v) is 2.56. The summed E-state index contributed by atoms with van der Waals surface area (Å²) in [5, 5.41) is 8.71. The van der Waals surface area contributed by atoms with E-state index in [2.05, 4.69) is 15.2 Å². The largest absolute Gasteiger partial charge is 0.481 e. The summed E-state index contributed by atoms with van der Waals surface area (Å²) < 4.78 is 10.2. The Morgan fingerprint density at radius 2 is 1.96 bits per heavy atom. The maximum atomic E-state index is 12.0. The Bertz CT molecular complexity index is 788. The van der Waals surface area contributed by atoms with Gasteiger partial charge in [0.15, 0.2) is 0 Å². The molecule has 1 aromatic carbocycles. The SMILES string of the molecule is COc1ccc(-c2nnc(C(=O)OCc3ccccc3)s2)cn1. The van der Waals surface area contributed by atoms with Crippen LogP contribution in [0, 0.1) is 0 Å². The van der Waals surface area contributed by atoms with Gasteiger partial charge in [-0.3, -0.25) is 0 Å². The number of carbonyl (C=O) groups is 1. The minimum Gasteiger partial charge on any atom is -0.481 e. The van der Waals surface area contributed by atoms with E-state index in [1.54, 1.807) is 19.4 Å². The highest BCUT2D eigenvalue weighted by Crippen LogP contribution is 2.24. The first-order chi connectivity index (χ1) is 11.3. The third kappa shape index (κ3) is 3.70. The van der Waals surface area contributed by atoms with Gasteiger partial charge in [-0.15, -0.1) is 10.2 Å². The Morgan fingerprint density at radius 1 is 1.13 bits per heavy atom. The van der Waals surface area contributed by atoms with Crippen LogP contribution >= 0.6 is 11.3 Å². The number of esters is 1. The first-order valence-electron chi connectivity index (χ1n) is 6.81. The lowest BCUT2D eigenvalue weighted by molar-refractivity contribution is 0.0471. The van der Waals surface area contributed by atoms with Crippen molar-refractivity contribution in [1.29, 1.82) is 0 Å². The van der Waals surface area contributed by atoms with E-state index in [4.69, 9.17) is 9.47 Å². The molecule has 0 N–H and O–H groups in total. The van der Waals surface area contributed by atoms with Crippen LogP contribution in [0.15, 0.2) is 48.7 Å². The highest BCUT2D eigenvalue weighted by atomic mass is 32.1. The molecule has 0 radical (unpaired) electrons. The number of carbonyl (C=O) groups excluding carboxylic acids is 1. The predicted molar refractivity (Wildman–Crippen MR) is 85.3 cm³/mol. The average molecular weight is 327 g/mol. The number of ether oxygens (including phenoxy) is 2. The molecule has 0 unspecified atom stereocenters. The van der Waals surface area contributed by atoms with Crippen molar-refractivity contribution in [3.63, 3.8) is 0 Å². The molecule has 116 valence electrons. The molecule has 0 saturated carbocycles. The predicted octanol–water partition coefficient (Wildman–Crippen LogP) is 2.97. The summed E-state index contributed by atoms with van der Waals surface area (Å²) in [5.74, 6) is 0.0276. The normalized spacial score (nSPS) is 10.3. The van der Waals surface area contributed by atoms with E-state index in [1.165, 1.54) is 11.3 Å². The number of benzene rings is 1. The van der Waals surface area contributed by atoms with Crippen molar-refractivity contribution < 1.29 is 14.3 Å². The molecular weight excluding hydrogens is 314 g/mol. The van der Waals surface area contributed by atoms with Gasteiger partial charge in [0.25, 0.3) is 0 Å². The maximum Gasteiger partial charge on any atom is 0.369 e. The van der Waals surface area contributed by atoms with Gasteiger partial charge in [-0.25, -0.2) is 9.78 Å². The second kappa shape index (κ2) is 6.97. The second-order valence-electron chi connectivity index (χ2n) is 4.56. The van der Waals surface area contributed by atoms with Crippen LogP contribution in [0.2, 0.25) is 0 Å². The summed E-state index contributed by atoms with van der Waals surface area (Å²) in [6.45, 7) is 0.207. The van der Waals surface area contributed by atoms with Gasteiger partial charge in [0.1, 0.15) is 11.6 Å². The van der Waals surface area contributed by atoms with Gasteiger partial charge in [0.2, 0.25) is 10.9 Å². The first kappa shape index (κ1) is 15.1. The first-order valence-corrected chi connectivity index (χ1v) is 7.63. The summed E-state index contributed by atoms with van der Waals surface area (Å²) in [7, 11) is 1.55. The third-order valence-electron chi connectivity index (χ3n) is 3.00. The van der Waals surface area contributed by atoms with Crippen molar-refractivity contribution in [1.82, 2.24) is 15.2 Å². The van der Waals surface area contributed by atoms with Gasteiger partial charge >= 0.3 is 5.97 Å². The Balaban J connectivity index is 1.67. The van der Waals surface area contributed by atoms with Gasteiger partial charge in [-0.2, -0.15) is 0 Å². The van der Waals surface area contributed by atoms with Gasteiger partial charge in [0.05, 0.1) is 7.11 Å². The number of pyridine rings is 1. The Hall–Kier alpha value is -2.80. The van der Waals surface area contributed by atoms with Crippen LogP contribution in [-0.2, 0) is 11.3 Å². The molecule has 0 aliphatic carbocycles. The molecule has 0 fully saturated rings. The number of hydrogen-bond donors (Lipinski definition) is 0. The van der Waals surface area contributed by atoms with E-state index in [9.17, 15) is 4.79 Å². The van der Waals surface area contributed by atoms with Crippen LogP contribution in [0.3, 0.4) is 0 Å². The zero-order valence-corrected chi connectivity index (χ0v) is 13.1. The Labute approximate surface area is 136 Å². The molecule has 2 aromatic heterocycles. The summed E-state index contributed by atoms with van der Waals surface area (Å²) in [6, 6.07) is 13.0. The number of rotatable bonds is 5. The maximum absolute atomic E-state index is 12.0. The molecule has 3 aromatic rings. The molecule has 0 amide bonds. The van der Waals surface area contributed by atoms with E-state index in [1.807, 2.05) is 36.4 Å². The van der Waals surface area contributed by atoms with Crippen molar-refractivity contribution >= 4 is 17.3 Å². The van der Waals surface area contributed by atoms with Gasteiger partial charge in [-0.05, 0) is 11.6 Å². The molecule has 0 aliphatic heterocycles. The van der Waals surface area contributed by atoms with Gasteiger partial charge < -0.3 is 9.47 Å². The Morgan fingerprint density at radius 3 is 2.65 bits per heavy atom. The van der Waals surface area contributed by atoms with Crippen LogP contribution in [0.1, 0.15) is 15.4 Å². The van der Waals surface area contributed by atoms with E-state index in [0.29, 0.717) is 10.9 Å². The highest BCUT2D eigenvalue weighted by molar-refractivity contribution is 7.16. The summed E-state index contributed by atoms with van der Waals surface area (Å²) in [5.41, 5.74) is 1.69. The quantitative estimate of drug-likeness (QED) is 0.671. The molecule has 7 heteroatoms. The standard InChI is InChI=1S/C16H13N3O3S/c1-21-13-8-7-12(9-17-13)14-18-19-15(23-14)16(20)22-10-11-5-3-2-4-6-11/h2-9H,10H2,1H3. The summed E-state index contributed by atoms with van der Waals surface area (Å²) in [6.07, 6.45) is 1.62. The summed E-state index contributed by atoms with van der Waals surface area (Å²) in [4.78, 5) is 16.1. The van der Waals surface area contributed by atoms with E-state index in [0.717, 1.165) is 11.1 Å². The van der Waals surface area contributed by atoms with Crippen molar-refractivity contribution in [3.05, 3.63) is 59.2 Å². The molecule has 0 spiro atoms. The molecule has 0 bridgehead atoms. The van der Waals surface area contributed by atoms with Crippen molar-refractivity contribution in [3.8, 4) is 16.5 Å². The topological polar surface area (TPSA) is 74.2 Å². The minimum absolute atomic E-state index is 0.207. The zero-order valence-electron chi connectivity index (χ0n) is 12.3. The molecule has 6 nitrogen and oxygen atoms in total. The molecule has 0 atom stereocenters. The summed E-state index contributed by atoms with van der Waals surface area (Å²) >= 11 is 1.17. The number of nitrogens with zero attached hydrogens (tertiary/aromatic N) is 3. The van der Waals surface area contributed by atoms with Crippen molar-refractivity contribution in [2.45, 2.75) is 6.61 Å². The van der Waals surface area contributed by atoms with Crippen molar-refractivity contribution in [2.75, 3.05) is 7.11 Å². The smallest absolute Gasteiger partial charge is 0.369 e. The fourth-order valence-electron chi connectivity index (χ4n) is 1.83. The lowest BCUT2D eigenvalue weighted by Crippen LogP contribution is -2.04. The van der Waals surface area contributed by atoms with E-state index >= 15 is 0 Å². The zero-order chi connectivity index (χ0) is 16.1. The monoisotopic (exact) mass is 327 g/mol. The second-order valence-corrected chi connectivity index (χ2v) is 5.54. The lowest BCUT2D eigenvalue weighted by atomic mass is 10.2. The fraction of sp³-hybridized carbons (Fsp3) is 0.125. The van der Waals surface area contributed by atoms with Crippen LogP contribution in [-0.4, -0.2) is 28.3 Å². The number of hydrogen-bond acceptors (Lipinski definition) is 7. The molecule has 23 heavy (non-hydrogen) atoms. The van der Waals surface area contributed by atoms with E-state index < -0.39 is 5.97 Å². The van der Waals surface area contributed by atoms with Crippen LogP contribution in [0.5, 0.6) is 5.88 Å². The molecule has 3 rings (SSSR count). The van der Waals surface area contributed by atoms with Gasteiger partial charge in [-0.1, -0.05) is 41.7 Å². The molecule has 0 saturated heterocycles. The van der Waals surface area contributed by atoms with E-state index in [-0.39, 0.29) is 11.6 Å². The van der Waals surface area contributed by atoms with Gasteiger partial charge in [0, 0.05) is 17.8 Å². The third-order valence-corrected chi connectivity index (χ3v) is 3.96. The number of aromatic nitrogens is 3. The van der Waals surface area contributed by atoms with Crippen LogP contribution in [0.25, 0.3) is 10.6 Å². The van der Waals surface area contributed by atoms with Crippen LogP contribution in [0.4, 0.5) is 0 Å². The average Bonchev–Trinajstić information content (AvgIpc) is 3.11.